The van der Waals surface area contributed by atoms with Crippen LogP contribution in [-0.4, -0.2) is 23.2 Å². The van der Waals surface area contributed by atoms with Gasteiger partial charge in [-0.15, -0.1) is 10.2 Å². The molecule has 0 unspecified atom stereocenters. The molecule has 0 spiro atoms. The van der Waals surface area contributed by atoms with E-state index in [1.807, 2.05) is 37.3 Å². The molecule has 0 aliphatic carbocycles. The monoisotopic (exact) mass is 313 g/mol. The van der Waals surface area contributed by atoms with Crippen LogP contribution in [0, 0.1) is 0 Å². The Balaban J connectivity index is 2.22. The van der Waals surface area contributed by atoms with Crippen LogP contribution in [0.1, 0.15) is 24.7 Å². The van der Waals surface area contributed by atoms with Crippen molar-refractivity contribution in [3.63, 3.8) is 0 Å². The van der Waals surface area contributed by atoms with Gasteiger partial charge in [0.15, 0.2) is 0 Å². The molecule has 1 aromatic heterocycles. The minimum atomic E-state index is -3.86. The van der Waals surface area contributed by atoms with Gasteiger partial charge in [-0.2, -0.15) is 0 Å². The highest BCUT2D eigenvalue weighted by atomic mass is 35.7. The van der Waals surface area contributed by atoms with Crippen molar-refractivity contribution < 1.29 is 8.42 Å². The van der Waals surface area contributed by atoms with Crippen LogP contribution in [0.4, 0.5) is 0 Å². The fraction of sp³-hybridized carbons (Fsp3) is 0.385. The van der Waals surface area contributed by atoms with Crippen molar-refractivity contribution in [2.24, 2.45) is 0 Å². The van der Waals surface area contributed by atoms with Gasteiger partial charge < -0.3 is 4.57 Å². The maximum absolute atomic E-state index is 11.5. The van der Waals surface area contributed by atoms with Crippen LogP contribution in [0.5, 0.6) is 0 Å². The van der Waals surface area contributed by atoms with Crippen molar-refractivity contribution in [3.05, 3.63) is 41.7 Å². The van der Waals surface area contributed by atoms with Gasteiger partial charge in [-0.05, 0) is 18.4 Å². The van der Waals surface area contributed by atoms with Crippen molar-refractivity contribution in [1.82, 2.24) is 14.8 Å². The summed E-state index contributed by atoms with van der Waals surface area (Å²) in [4.78, 5) is 0. The molecule has 20 heavy (non-hydrogen) atoms. The molecule has 1 aromatic carbocycles. The Morgan fingerprint density at radius 3 is 2.45 bits per heavy atom. The molecule has 0 amide bonds. The third-order valence-corrected chi connectivity index (χ3v) is 4.09. The quantitative estimate of drug-likeness (QED) is 0.768. The van der Waals surface area contributed by atoms with Gasteiger partial charge in [-0.1, -0.05) is 37.3 Å². The second-order valence-electron chi connectivity index (χ2n) is 4.47. The molecular weight excluding hydrogens is 298 g/mol. The average Bonchev–Trinajstić information content (AvgIpc) is 2.81. The molecule has 5 nitrogen and oxygen atoms in total. The Morgan fingerprint density at radius 2 is 1.85 bits per heavy atom. The Hall–Kier alpha value is -1.40. The van der Waals surface area contributed by atoms with Gasteiger partial charge in [0.1, 0.15) is 5.82 Å². The summed E-state index contributed by atoms with van der Waals surface area (Å²) in [6.07, 6.45) is 2.20. The first kappa shape index (κ1) is 15.0. The van der Waals surface area contributed by atoms with Crippen molar-refractivity contribution in [2.45, 2.75) is 37.9 Å². The van der Waals surface area contributed by atoms with Crippen molar-refractivity contribution >= 4 is 19.7 Å². The van der Waals surface area contributed by atoms with Crippen LogP contribution in [-0.2, 0) is 28.4 Å². The molecule has 1 heterocycles. The van der Waals surface area contributed by atoms with E-state index in [9.17, 15) is 8.42 Å². The van der Waals surface area contributed by atoms with Gasteiger partial charge >= 0.3 is 0 Å². The third kappa shape index (κ3) is 3.58. The largest absolute Gasteiger partial charge is 0.301 e. The molecule has 0 saturated carbocycles. The standard InChI is InChI=1S/C13H16ClN3O2S/c1-2-10-17-12(15-16-13(17)20(14,18)19)9-8-11-6-4-3-5-7-11/h3-7H,2,8-10H2,1H3. The number of rotatable bonds is 6. The zero-order chi connectivity index (χ0) is 14.6. The van der Waals surface area contributed by atoms with Crippen LogP contribution in [0.15, 0.2) is 35.5 Å². The summed E-state index contributed by atoms with van der Waals surface area (Å²) in [6, 6.07) is 9.96. The van der Waals surface area contributed by atoms with E-state index in [4.69, 9.17) is 10.7 Å². The van der Waals surface area contributed by atoms with Gasteiger partial charge in [0.2, 0.25) is 0 Å². The molecular formula is C13H16ClN3O2S. The molecule has 2 rings (SSSR count). The highest BCUT2D eigenvalue weighted by Crippen LogP contribution is 2.16. The van der Waals surface area contributed by atoms with E-state index in [2.05, 4.69) is 10.2 Å². The number of nitrogens with zero attached hydrogens (tertiary/aromatic N) is 3. The number of halogens is 1. The fourth-order valence-corrected chi connectivity index (χ4v) is 2.97. The van der Waals surface area contributed by atoms with Gasteiger partial charge in [-0.25, -0.2) is 8.42 Å². The molecule has 0 radical (unpaired) electrons. The fourth-order valence-electron chi connectivity index (χ4n) is 2.03. The molecule has 108 valence electrons. The first-order valence-corrected chi connectivity index (χ1v) is 8.74. The van der Waals surface area contributed by atoms with E-state index in [1.165, 1.54) is 5.56 Å². The van der Waals surface area contributed by atoms with Crippen molar-refractivity contribution in [2.75, 3.05) is 0 Å². The summed E-state index contributed by atoms with van der Waals surface area (Å²) < 4.78 is 24.5. The van der Waals surface area contributed by atoms with E-state index < -0.39 is 9.05 Å². The second-order valence-corrected chi connectivity index (χ2v) is 6.93. The Bertz CT molecular complexity index is 668. The van der Waals surface area contributed by atoms with Crippen LogP contribution in [0.2, 0.25) is 0 Å². The van der Waals surface area contributed by atoms with Gasteiger partial charge in [-0.3, -0.25) is 0 Å². The van der Waals surface area contributed by atoms with Crippen LogP contribution >= 0.6 is 10.7 Å². The lowest BCUT2D eigenvalue weighted by Crippen LogP contribution is -2.10. The minimum absolute atomic E-state index is 0.163. The SMILES string of the molecule is CCCn1c(CCc2ccccc2)nnc1S(=O)(=O)Cl. The molecule has 0 fully saturated rings. The third-order valence-electron chi connectivity index (χ3n) is 2.94. The van der Waals surface area contributed by atoms with Gasteiger partial charge in [0.25, 0.3) is 14.2 Å². The zero-order valence-corrected chi connectivity index (χ0v) is 12.7. The van der Waals surface area contributed by atoms with Crippen molar-refractivity contribution in [1.29, 1.82) is 0 Å². The molecule has 0 saturated heterocycles. The van der Waals surface area contributed by atoms with E-state index in [0.717, 1.165) is 12.8 Å². The molecule has 0 atom stereocenters. The summed E-state index contributed by atoms with van der Waals surface area (Å²) in [7, 11) is 1.52. The lowest BCUT2D eigenvalue weighted by Gasteiger charge is -2.07. The smallest absolute Gasteiger partial charge is 0.296 e. The maximum atomic E-state index is 11.5. The van der Waals surface area contributed by atoms with Crippen molar-refractivity contribution in [3.8, 4) is 0 Å². The van der Waals surface area contributed by atoms with Gasteiger partial charge in [0, 0.05) is 23.6 Å². The number of aryl methyl sites for hydroxylation is 2. The van der Waals surface area contributed by atoms with Crippen LogP contribution < -0.4 is 0 Å². The predicted octanol–water partition coefficient (Wildman–Crippen LogP) is 2.40. The molecule has 0 bridgehead atoms. The molecule has 2 aromatic rings. The number of hydrogen-bond acceptors (Lipinski definition) is 4. The molecule has 0 aliphatic rings. The predicted molar refractivity (Wildman–Crippen MR) is 77.2 cm³/mol. The first-order chi connectivity index (χ1) is 9.52. The van der Waals surface area contributed by atoms with E-state index in [1.54, 1.807) is 4.57 Å². The lowest BCUT2D eigenvalue weighted by molar-refractivity contribution is 0.554. The Labute approximate surface area is 123 Å². The lowest BCUT2D eigenvalue weighted by atomic mass is 10.1. The average molecular weight is 314 g/mol. The first-order valence-electron chi connectivity index (χ1n) is 6.43. The molecule has 7 heteroatoms. The number of benzene rings is 1. The molecule has 0 N–H and O–H groups in total. The summed E-state index contributed by atoms with van der Waals surface area (Å²) in [5, 5.41) is 7.51. The number of aromatic nitrogens is 3. The topological polar surface area (TPSA) is 64.8 Å². The maximum Gasteiger partial charge on any atom is 0.296 e. The van der Waals surface area contributed by atoms with Crippen LogP contribution in [0.3, 0.4) is 0 Å². The van der Waals surface area contributed by atoms with E-state index in [0.29, 0.717) is 18.8 Å². The second kappa shape index (κ2) is 6.37. The summed E-state index contributed by atoms with van der Waals surface area (Å²) >= 11 is 0. The summed E-state index contributed by atoms with van der Waals surface area (Å²) in [6.45, 7) is 2.50. The van der Waals surface area contributed by atoms with Crippen LogP contribution in [0.25, 0.3) is 0 Å². The summed E-state index contributed by atoms with van der Waals surface area (Å²) in [5.74, 6) is 0.648. The number of hydrogen-bond donors (Lipinski definition) is 0. The minimum Gasteiger partial charge on any atom is -0.301 e. The zero-order valence-electron chi connectivity index (χ0n) is 11.2. The normalized spacial score (nSPS) is 11.7. The van der Waals surface area contributed by atoms with E-state index >= 15 is 0 Å². The van der Waals surface area contributed by atoms with Gasteiger partial charge in [0.05, 0.1) is 0 Å². The highest BCUT2D eigenvalue weighted by molar-refractivity contribution is 8.13. The van der Waals surface area contributed by atoms with E-state index in [-0.39, 0.29) is 5.16 Å². The molecule has 0 aliphatic heterocycles. The Kier molecular flexibility index (Phi) is 4.77. The Morgan fingerprint density at radius 1 is 1.15 bits per heavy atom. The highest BCUT2D eigenvalue weighted by Gasteiger charge is 2.21. The summed E-state index contributed by atoms with van der Waals surface area (Å²) in [5.41, 5.74) is 1.17.